The molecule has 1 aromatic carbocycles. The summed E-state index contributed by atoms with van der Waals surface area (Å²) in [5, 5.41) is 0. The molecular formula is C14H21FN2O2S. The standard InChI is InChI=1S/C14H21FN2O2S/c1-9(2)8-17(12-4-5-12)20(18,19)13-7-11(16)6-10(3)14(13)15/h6-7,9,12H,4-5,8,16H2,1-3H3. The van der Waals surface area contributed by atoms with Crippen LogP contribution in [0.4, 0.5) is 10.1 Å². The Labute approximate surface area is 119 Å². The van der Waals surface area contributed by atoms with Crippen molar-refractivity contribution in [1.82, 2.24) is 4.31 Å². The minimum atomic E-state index is -3.83. The lowest BCUT2D eigenvalue weighted by atomic mass is 10.2. The highest BCUT2D eigenvalue weighted by Crippen LogP contribution is 2.34. The number of aryl methyl sites for hydroxylation is 1. The molecule has 2 N–H and O–H groups in total. The second-order valence-electron chi connectivity index (χ2n) is 5.85. The lowest BCUT2D eigenvalue weighted by Crippen LogP contribution is -2.36. The summed E-state index contributed by atoms with van der Waals surface area (Å²) in [5.41, 5.74) is 6.19. The van der Waals surface area contributed by atoms with E-state index in [1.807, 2.05) is 13.8 Å². The number of hydrogen-bond acceptors (Lipinski definition) is 3. The zero-order valence-corrected chi connectivity index (χ0v) is 12.9. The van der Waals surface area contributed by atoms with E-state index in [0.29, 0.717) is 6.54 Å². The van der Waals surface area contributed by atoms with E-state index in [2.05, 4.69) is 0 Å². The molecule has 1 aliphatic carbocycles. The largest absolute Gasteiger partial charge is 0.399 e. The third kappa shape index (κ3) is 2.96. The van der Waals surface area contributed by atoms with Crippen molar-refractivity contribution in [3.05, 3.63) is 23.5 Å². The molecule has 2 rings (SSSR count). The van der Waals surface area contributed by atoms with Gasteiger partial charge in [-0.1, -0.05) is 13.8 Å². The summed E-state index contributed by atoms with van der Waals surface area (Å²) in [5.74, 6) is -0.510. The first-order chi connectivity index (χ1) is 9.23. The third-order valence-corrected chi connectivity index (χ3v) is 5.25. The van der Waals surface area contributed by atoms with Gasteiger partial charge in [0, 0.05) is 18.3 Å². The number of anilines is 1. The summed E-state index contributed by atoms with van der Waals surface area (Å²) in [6, 6.07) is 2.66. The van der Waals surface area contributed by atoms with Gasteiger partial charge < -0.3 is 5.73 Å². The van der Waals surface area contributed by atoms with Crippen molar-refractivity contribution in [3.63, 3.8) is 0 Å². The molecule has 0 atom stereocenters. The molecule has 1 aromatic rings. The van der Waals surface area contributed by atoms with Crippen molar-refractivity contribution >= 4 is 15.7 Å². The van der Waals surface area contributed by atoms with Gasteiger partial charge in [0.15, 0.2) is 0 Å². The van der Waals surface area contributed by atoms with Gasteiger partial charge >= 0.3 is 0 Å². The zero-order chi connectivity index (χ0) is 15.1. The number of sulfonamides is 1. The minimum Gasteiger partial charge on any atom is -0.399 e. The van der Waals surface area contributed by atoms with E-state index >= 15 is 0 Å². The van der Waals surface area contributed by atoms with Crippen LogP contribution in [0.25, 0.3) is 0 Å². The maximum atomic E-state index is 14.2. The average molecular weight is 300 g/mol. The van der Waals surface area contributed by atoms with Crippen LogP contribution in [0.3, 0.4) is 0 Å². The Morgan fingerprint density at radius 3 is 2.50 bits per heavy atom. The van der Waals surface area contributed by atoms with Crippen LogP contribution in [0.5, 0.6) is 0 Å². The number of rotatable bonds is 5. The Morgan fingerprint density at radius 2 is 2.00 bits per heavy atom. The smallest absolute Gasteiger partial charge is 0.246 e. The molecule has 112 valence electrons. The number of hydrogen-bond donors (Lipinski definition) is 1. The fourth-order valence-corrected chi connectivity index (χ4v) is 4.27. The van der Waals surface area contributed by atoms with Gasteiger partial charge in [0.05, 0.1) is 0 Å². The monoisotopic (exact) mass is 300 g/mol. The molecule has 1 fully saturated rings. The number of nitrogens with two attached hydrogens (primary N) is 1. The topological polar surface area (TPSA) is 63.4 Å². The molecule has 0 saturated heterocycles. The quantitative estimate of drug-likeness (QED) is 0.850. The predicted octanol–water partition coefficient (Wildman–Crippen LogP) is 2.53. The fourth-order valence-electron chi connectivity index (χ4n) is 2.24. The van der Waals surface area contributed by atoms with Crippen LogP contribution in [-0.2, 0) is 10.0 Å². The van der Waals surface area contributed by atoms with Crippen molar-refractivity contribution in [1.29, 1.82) is 0 Å². The molecule has 0 bridgehead atoms. The van der Waals surface area contributed by atoms with E-state index in [0.717, 1.165) is 12.8 Å². The second kappa shape index (κ2) is 5.33. The van der Waals surface area contributed by atoms with Crippen molar-refractivity contribution in [2.24, 2.45) is 5.92 Å². The molecule has 0 unspecified atom stereocenters. The van der Waals surface area contributed by atoms with Crippen molar-refractivity contribution in [2.45, 2.75) is 44.6 Å². The highest BCUT2D eigenvalue weighted by molar-refractivity contribution is 7.89. The summed E-state index contributed by atoms with van der Waals surface area (Å²) in [6.07, 6.45) is 1.68. The summed E-state index contributed by atoms with van der Waals surface area (Å²) in [4.78, 5) is -0.303. The summed E-state index contributed by atoms with van der Waals surface area (Å²) in [7, 11) is -3.83. The van der Waals surface area contributed by atoms with Gasteiger partial charge in [0.2, 0.25) is 10.0 Å². The predicted molar refractivity (Wildman–Crippen MR) is 77.3 cm³/mol. The Morgan fingerprint density at radius 1 is 1.40 bits per heavy atom. The van der Waals surface area contributed by atoms with Gasteiger partial charge in [0.25, 0.3) is 0 Å². The van der Waals surface area contributed by atoms with Crippen LogP contribution < -0.4 is 5.73 Å². The Kier molecular flexibility index (Phi) is 4.07. The molecule has 0 spiro atoms. The number of nitrogen functional groups attached to an aromatic ring is 1. The van der Waals surface area contributed by atoms with E-state index in [-0.39, 0.29) is 28.1 Å². The molecule has 0 radical (unpaired) electrons. The van der Waals surface area contributed by atoms with E-state index < -0.39 is 15.8 Å². The van der Waals surface area contributed by atoms with Crippen LogP contribution in [0.15, 0.2) is 17.0 Å². The first kappa shape index (κ1) is 15.3. The molecule has 0 amide bonds. The Balaban J connectivity index is 2.48. The lowest BCUT2D eigenvalue weighted by Gasteiger charge is -2.24. The molecule has 1 aliphatic rings. The van der Waals surface area contributed by atoms with Gasteiger partial charge in [-0.2, -0.15) is 4.31 Å². The zero-order valence-electron chi connectivity index (χ0n) is 12.1. The van der Waals surface area contributed by atoms with Crippen molar-refractivity contribution in [3.8, 4) is 0 Å². The average Bonchev–Trinajstić information content (AvgIpc) is 3.14. The molecule has 0 aliphatic heterocycles. The van der Waals surface area contributed by atoms with E-state index in [4.69, 9.17) is 5.73 Å². The van der Waals surface area contributed by atoms with Gasteiger partial charge in [0.1, 0.15) is 10.7 Å². The van der Waals surface area contributed by atoms with E-state index in [1.165, 1.54) is 23.4 Å². The Bertz CT molecular complexity index is 610. The maximum Gasteiger partial charge on any atom is 0.246 e. The lowest BCUT2D eigenvalue weighted by molar-refractivity contribution is 0.358. The molecule has 4 nitrogen and oxygen atoms in total. The molecule has 6 heteroatoms. The fraction of sp³-hybridized carbons (Fsp3) is 0.571. The van der Waals surface area contributed by atoms with Crippen LogP contribution in [0.2, 0.25) is 0 Å². The van der Waals surface area contributed by atoms with Gasteiger partial charge in [-0.3, -0.25) is 0 Å². The maximum absolute atomic E-state index is 14.2. The first-order valence-corrected chi connectivity index (χ1v) is 8.25. The highest BCUT2D eigenvalue weighted by atomic mass is 32.2. The minimum absolute atomic E-state index is 0.00327. The molecule has 1 saturated carbocycles. The SMILES string of the molecule is Cc1cc(N)cc(S(=O)(=O)N(CC(C)C)C2CC2)c1F. The first-order valence-electron chi connectivity index (χ1n) is 6.81. The number of nitrogens with zero attached hydrogens (tertiary/aromatic N) is 1. The van der Waals surface area contributed by atoms with Crippen LogP contribution in [-0.4, -0.2) is 25.3 Å². The number of halogens is 1. The number of benzene rings is 1. The van der Waals surface area contributed by atoms with Gasteiger partial charge in [-0.05, 0) is 43.4 Å². The van der Waals surface area contributed by atoms with E-state index in [1.54, 1.807) is 0 Å². The highest BCUT2D eigenvalue weighted by Gasteiger charge is 2.39. The molecule has 20 heavy (non-hydrogen) atoms. The summed E-state index contributed by atoms with van der Waals surface area (Å²) in [6.45, 7) is 5.83. The third-order valence-electron chi connectivity index (χ3n) is 3.33. The summed E-state index contributed by atoms with van der Waals surface area (Å²) < 4.78 is 41.0. The van der Waals surface area contributed by atoms with E-state index in [9.17, 15) is 12.8 Å². The van der Waals surface area contributed by atoms with Crippen LogP contribution in [0, 0.1) is 18.7 Å². The molecule has 0 aromatic heterocycles. The van der Waals surface area contributed by atoms with Gasteiger partial charge in [-0.15, -0.1) is 0 Å². The second-order valence-corrected chi connectivity index (χ2v) is 7.71. The van der Waals surface area contributed by atoms with Crippen molar-refractivity contribution < 1.29 is 12.8 Å². The summed E-state index contributed by atoms with van der Waals surface area (Å²) >= 11 is 0. The van der Waals surface area contributed by atoms with Crippen LogP contribution >= 0.6 is 0 Å². The molecular weight excluding hydrogens is 279 g/mol. The normalized spacial score (nSPS) is 16.1. The van der Waals surface area contributed by atoms with Crippen LogP contribution in [0.1, 0.15) is 32.3 Å². The van der Waals surface area contributed by atoms with Gasteiger partial charge in [-0.25, -0.2) is 12.8 Å². The Hall–Kier alpha value is -1.14. The van der Waals surface area contributed by atoms with Crippen molar-refractivity contribution in [2.75, 3.05) is 12.3 Å². The molecule has 0 heterocycles.